The second-order valence-corrected chi connectivity index (χ2v) is 5.21. The van der Waals surface area contributed by atoms with Crippen LogP contribution in [-0.2, 0) is 16.1 Å². The molecule has 2 rings (SSSR count). The minimum atomic E-state index is -1.03. The number of halogens is 1. The predicted molar refractivity (Wildman–Crippen MR) is 72.4 cm³/mol. The second-order valence-electron chi connectivity index (χ2n) is 5.21. The van der Waals surface area contributed by atoms with Crippen molar-refractivity contribution >= 4 is 5.97 Å². The summed E-state index contributed by atoms with van der Waals surface area (Å²) in [5, 5.41) is 9.81. The third-order valence-electron chi connectivity index (χ3n) is 3.82. The number of aliphatic hydroxyl groups is 1. The molecule has 1 aromatic carbocycles. The Labute approximate surface area is 118 Å². The Morgan fingerprint density at radius 3 is 2.80 bits per heavy atom. The number of benzene rings is 1. The molecular weight excluding hydrogens is 261 g/mol. The first-order chi connectivity index (χ1) is 9.60. The van der Waals surface area contributed by atoms with Gasteiger partial charge in [0.2, 0.25) is 0 Å². The van der Waals surface area contributed by atoms with Crippen LogP contribution >= 0.6 is 0 Å². The van der Waals surface area contributed by atoms with E-state index in [0.29, 0.717) is 6.54 Å². The number of hydrogen-bond donors (Lipinski definition) is 1. The van der Waals surface area contributed by atoms with E-state index < -0.39 is 12.1 Å². The molecule has 0 aromatic heterocycles. The van der Waals surface area contributed by atoms with Gasteiger partial charge in [-0.15, -0.1) is 0 Å². The highest BCUT2D eigenvalue weighted by Gasteiger charge is 2.30. The van der Waals surface area contributed by atoms with Gasteiger partial charge < -0.3 is 9.84 Å². The molecule has 1 aliphatic heterocycles. The van der Waals surface area contributed by atoms with Gasteiger partial charge in [0.25, 0.3) is 0 Å². The van der Waals surface area contributed by atoms with Gasteiger partial charge in [0.15, 0.2) is 6.10 Å². The highest BCUT2D eigenvalue weighted by Crippen LogP contribution is 2.22. The Balaban J connectivity index is 1.84. The molecule has 0 bridgehead atoms. The molecule has 1 saturated heterocycles. The molecule has 1 aromatic rings. The van der Waals surface area contributed by atoms with Gasteiger partial charge >= 0.3 is 5.97 Å². The summed E-state index contributed by atoms with van der Waals surface area (Å²) in [6.07, 6.45) is 0.452. The maximum absolute atomic E-state index is 13.1. The topological polar surface area (TPSA) is 49.8 Å². The van der Waals surface area contributed by atoms with E-state index in [1.54, 1.807) is 6.07 Å². The number of carbonyl (C=O) groups excluding carboxylic acids is 1. The van der Waals surface area contributed by atoms with Crippen LogP contribution in [0.15, 0.2) is 24.3 Å². The summed E-state index contributed by atoms with van der Waals surface area (Å²) in [7, 11) is 1.28. The van der Waals surface area contributed by atoms with Crippen LogP contribution in [0.2, 0.25) is 0 Å². The van der Waals surface area contributed by atoms with E-state index in [1.807, 2.05) is 6.07 Å². The number of methoxy groups -OCH3 is 1. The van der Waals surface area contributed by atoms with E-state index >= 15 is 0 Å². The molecular formula is C15H20FNO3. The van der Waals surface area contributed by atoms with Crippen molar-refractivity contribution in [3.63, 3.8) is 0 Å². The normalized spacial score (nSPS) is 18.8. The summed E-state index contributed by atoms with van der Waals surface area (Å²) >= 11 is 0. The lowest BCUT2D eigenvalue weighted by Crippen LogP contribution is -2.40. The number of aliphatic hydroxyl groups excluding tert-OH is 1. The smallest absolute Gasteiger partial charge is 0.334 e. The van der Waals surface area contributed by atoms with Crippen LogP contribution in [-0.4, -0.2) is 42.3 Å². The largest absolute Gasteiger partial charge is 0.467 e. The highest BCUT2D eigenvalue weighted by molar-refractivity contribution is 5.74. The van der Waals surface area contributed by atoms with Crippen molar-refractivity contribution in [2.45, 2.75) is 25.5 Å². The number of hydrogen-bond acceptors (Lipinski definition) is 4. The quantitative estimate of drug-likeness (QED) is 0.851. The second kappa shape index (κ2) is 6.81. The average molecular weight is 281 g/mol. The van der Waals surface area contributed by atoms with E-state index in [2.05, 4.69) is 9.64 Å². The van der Waals surface area contributed by atoms with Crippen molar-refractivity contribution in [1.29, 1.82) is 0 Å². The Hall–Kier alpha value is -1.46. The Bertz CT molecular complexity index is 458. The molecule has 1 heterocycles. The molecule has 0 aliphatic carbocycles. The number of carbonyl (C=O) groups is 1. The molecule has 4 nitrogen and oxygen atoms in total. The van der Waals surface area contributed by atoms with Crippen molar-refractivity contribution in [2.24, 2.45) is 5.92 Å². The lowest BCUT2D eigenvalue weighted by Gasteiger charge is -2.33. The molecule has 1 aliphatic rings. The first kappa shape index (κ1) is 14.9. The third-order valence-corrected chi connectivity index (χ3v) is 3.82. The minimum Gasteiger partial charge on any atom is -0.467 e. The van der Waals surface area contributed by atoms with Gasteiger partial charge in [-0.05, 0) is 49.5 Å². The molecule has 20 heavy (non-hydrogen) atoms. The summed E-state index contributed by atoms with van der Waals surface area (Å²) in [6, 6.07) is 6.58. The van der Waals surface area contributed by atoms with Crippen molar-refractivity contribution < 1.29 is 19.0 Å². The molecule has 110 valence electrons. The number of piperidine rings is 1. The minimum absolute atomic E-state index is 0.0498. The van der Waals surface area contributed by atoms with Crippen LogP contribution in [0, 0.1) is 11.7 Å². The van der Waals surface area contributed by atoms with E-state index in [1.165, 1.54) is 19.2 Å². The van der Waals surface area contributed by atoms with Crippen molar-refractivity contribution in [2.75, 3.05) is 20.2 Å². The molecule has 1 atom stereocenters. The zero-order valence-electron chi connectivity index (χ0n) is 11.6. The summed E-state index contributed by atoms with van der Waals surface area (Å²) in [5.41, 5.74) is 0.942. The Morgan fingerprint density at radius 2 is 2.20 bits per heavy atom. The van der Waals surface area contributed by atoms with Gasteiger partial charge in [0, 0.05) is 6.54 Å². The van der Waals surface area contributed by atoms with E-state index in [9.17, 15) is 14.3 Å². The zero-order valence-corrected chi connectivity index (χ0v) is 11.6. The standard InChI is InChI=1S/C15H20FNO3/c1-20-15(19)14(18)12-5-7-17(8-6-12)10-11-3-2-4-13(16)9-11/h2-4,9,12,14,18H,5-8,10H2,1H3. The van der Waals surface area contributed by atoms with Gasteiger partial charge in [0.1, 0.15) is 5.82 Å². The van der Waals surface area contributed by atoms with Gasteiger partial charge in [0.05, 0.1) is 7.11 Å². The number of ether oxygens (including phenoxy) is 1. The fourth-order valence-corrected chi connectivity index (χ4v) is 2.63. The summed E-state index contributed by atoms with van der Waals surface area (Å²) in [4.78, 5) is 13.5. The van der Waals surface area contributed by atoms with E-state index in [4.69, 9.17) is 0 Å². The van der Waals surface area contributed by atoms with Crippen molar-refractivity contribution in [3.8, 4) is 0 Å². The molecule has 1 unspecified atom stereocenters. The molecule has 0 amide bonds. The number of nitrogens with zero attached hydrogens (tertiary/aromatic N) is 1. The third kappa shape index (κ3) is 3.77. The zero-order chi connectivity index (χ0) is 14.5. The van der Waals surface area contributed by atoms with Crippen LogP contribution in [0.4, 0.5) is 4.39 Å². The fourth-order valence-electron chi connectivity index (χ4n) is 2.63. The first-order valence-corrected chi connectivity index (χ1v) is 6.83. The molecule has 0 spiro atoms. The number of esters is 1. The predicted octanol–water partition coefficient (Wildman–Crippen LogP) is 1.57. The maximum Gasteiger partial charge on any atom is 0.334 e. The molecule has 0 radical (unpaired) electrons. The van der Waals surface area contributed by atoms with Gasteiger partial charge in [-0.25, -0.2) is 9.18 Å². The SMILES string of the molecule is COC(=O)C(O)C1CCN(Cc2cccc(F)c2)CC1. The molecule has 5 heteroatoms. The van der Waals surface area contributed by atoms with Gasteiger partial charge in [-0.2, -0.15) is 0 Å². The van der Waals surface area contributed by atoms with Crippen LogP contribution in [0.3, 0.4) is 0 Å². The van der Waals surface area contributed by atoms with Crippen molar-refractivity contribution in [3.05, 3.63) is 35.6 Å². The van der Waals surface area contributed by atoms with Crippen LogP contribution < -0.4 is 0 Å². The highest BCUT2D eigenvalue weighted by atomic mass is 19.1. The maximum atomic E-state index is 13.1. The first-order valence-electron chi connectivity index (χ1n) is 6.83. The molecule has 1 N–H and O–H groups in total. The Kier molecular flexibility index (Phi) is 5.09. The molecule has 1 fully saturated rings. The summed E-state index contributed by atoms with van der Waals surface area (Å²) in [5.74, 6) is -0.835. The lowest BCUT2D eigenvalue weighted by atomic mass is 9.91. The van der Waals surface area contributed by atoms with Crippen LogP contribution in [0.5, 0.6) is 0 Å². The summed E-state index contributed by atoms with van der Waals surface area (Å²) in [6.45, 7) is 2.27. The van der Waals surface area contributed by atoms with Crippen molar-refractivity contribution in [1.82, 2.24) is 4.90 Å². The number of rotatable bonds is 4. The number of likely N-dealkylation sites (tertiary alicyclic amines) is 1. The van der Waals surface area contributed by atoms with E-state index in [0.717, 1.165) is 31.5 Å². The summed E-state index contributed by atoms with van der Waals surface area (Å²) < 4.78 is 17.7. The molecule has 0 saturated carbocycles. The van der Waals surface area contributed by atoms with E-state index in [-0.39, 0.29) is 11.7 Å². The monoisotopic (exact) mass is 281 g/mol. The Morgan fingerprint density at radius 1 is 1.50 bits per heavy atom. The lowest BCUT2D eigenvalue weighted by molar-refractivity contribution is -0.154. The van der Waals surface area contributed by atoms with Crippen LogP contribution in [0.25, 0.3) is 0 Å². The van der Waals surface area contributed by atoms with Gasteiger partial charge in [-0.1, -0.05) is 12.1 Å². The van der Waals surface area contributed by atoms with Gasteiger partial charge in [-0.3, -0.25) is 4.90 Å². The fraction of sp³-hybridized carbons (Fsp3) is 0.533. The van der Waals surface area contributed by atoms with Crippen LogP contribution in [0.1, 0.15) is 18.4 Å². The average Bonchev–Trinajstić information content (AvgIpc) is 2.46.